The van der Waals surface area contributed by atoms with Crippen LogP contribution in [0.15, 0.2) is 23.2 Å². The number of hydrogen-bond acceptors (Lipinski definition) is 5. The number of benzene rings is 1. The Kier molecular flexibility index (Phi) is 8.23. The lowest BCUT2D eigenvalue weighted by Gasteiger charge is -2.38. The van der Waals surface area contributed by atoms with E-state index in [1.165, 1.54) is 5.56 Å². The number of hydrogen-bond donors (Lipinski definition) is 2. The fraction of sp³-hybridized carbons (Fsp3) is 0.611. The van der Waals surface area contributed by atoms with E-state index in [9.17, 15) is 0 Å². The quantitative estimate of drug-likeness (QED) is 0.282. The molecule has 7 nitrogen and oxygen atoms in total. The van der Waals surface area contributed by atoms with Crippen LogP contribution in [0.2, 0.25) is 0 Å². The van der Waals surface area contributed by atoms with Crippen molar-refractivity contribution in [3.8, 4) is 11.5 Å². The molecule has 0 atom stereocenters. The third-order valence-corrected chi connectivity index (χ3v) is 4.85. The smallest absolute Gasteiger partial charge is 0.231 e. The molecule has 0 unspecified atom stereocenters. The molecule has 0 radical (unpaired) electrons. The van der Waals surface area contributed by atoms with Gasteiger partial charge < -0.3 is 29.6 Å². The topological polar surface area (TPSA) is 73.3 Å². The van der Waals surface area contributed by atoms with E-state index in [0.717, 1.165) is 56.6 Å². The summed E-state index contributed by atoms with van der Waals surface area (Å²) >= 11 is 0. The zero-order valence-electron chi connectivity index (χ0n) is 15.4. The highest BCUT2D eigenvalue weighted by Crippen LogP contribution is 2.40. The van der Waals surface area contributed by atoms with Crippen LogP contribution in [0.4, 0.5) is 0 Å². The van der Waals surface area contributed by atoms with Crippen molar-refractivity contribution in [2.24, 2.45) is 4.99 Å². The monoisotopic (exact) mass is 477 g/mol. The van der Waals surface area contributed by atoms with Gasteiger partial charge in [0.25, 0.3) is 0 Å². The zero-order valence-corrected chi connectivity index (χ0v) is 17.7. The molecule has 2 aliphatic rings. The third kappa shape index (κ3) is 4.92. The molecule has 146 valence electrons. The number of methoxy groups -OCH3 is 1. The van der Waals surface area contributed by atoms with Gasteiger partial charge in [-0.3, -0.25) is 4.99 Å². The van der Waals surface area contributed by atoms with Crippen LogP contribution in [-0.4, -0.2) is 59.8 Å². The van der Waals surface area contributed by atoms with E-state index in [1.807, 2.05) is 6.07 Å². The highest BCUT2D eigenvalue weighted by atomic mass is 127. The summed E-state index contributed by atoms with van der Waals surface area (Å²) in [5.74, 6) is 2.42. The second kappa shape index (κ2) is 10.2. The van der Waals surface area contributed by atoms with Crippen LogP contribution >= 0.6 is 24.0 Å². The summed E-state index contributed by atoms with van der Waals surface area (Å²) in [5.41, 5.74) is 1.23. The number of aliphatic imine (C=N–C) groups is 1. The molecule has 0 amide bonds. The minimum Gasteiger partial charge on any atom is -0.454 e. The molecule has 1 aromatic carbocycles. The van der Waals surface area contributed by atoms with Crippen LogP contribution in [0, 0.1) is 0 Å². The van der Waals surface area contributed by atoms with E-state index in [4.69, 9.17) is 18.9 Å². The number of ether oxygens (including phenoxy) is 4. The summed E-state index contributed by atoms with van der Waals surface area (Å²) in [6.07, 6.45) is 1.91. The molecular weight excluding hydrogens is 449 g/mol. The van der Waals surface area contributed by atoms with Gasteiger partial charge in [-0.15, -0.1) is 24.0 Å². The second-order valence-corrected chi connectivity index (χ2v) is 6.31. The average Bonchev–Trinajstić information content (AvgIpc) is 3.13. The Morgan fingerprint density at radius 1 is 1.19 bits per heavy atom. The van der Waals surface area contributed by atoms with Gasteiger partial charge in [-0.1, -0.05) is 6.07 Å². The number of nitrogens with zero attached hydrogens (tertiary/aromatic N) is 1. The molecule has 0 spiro atoms. The van der Waals surface area contributed by atoms with Gasteiger partial charge in [0, 0.05) is 45.9 Å². The highest BCUT2D eigenvalue weighted by molar-refractivity contribution is 14.0. The first-order valence-electron chi connectivity index (χ1n) is 8.69. The molecule has 1 saturated heterocycles. The predicted molar refractivity (Wildman–Crippen MR) is 111 cm³/mol. The maximum absolute atomic E-state index is 5.61. The van der Waals surface area contributed by atoms with E-state index in [1.54, 1.807) is 14.2 Å². The summed E-state index contributed by atoms with van der Waals surface area (Å²) in [6.45, 7) is 3.95. The van der Waals surface area contributed by atoms with Crippen LogP contribution in [0.1, 0.15) is 18.4 Å². The normalized spacial score (nSPS) is 18.2. The summed E-state index contributed by atoms with van der Waals surface area (Å²) in [5, 5.41) is 6.72. The summed E-state index contributed by atoms with van der Waals surface area (Å²) in [6, 6.07) is 6.25. The SMILES string of the molecule is CN=C(NCCOC)NCC1(c2ccc3c(c2)OCO3)CCOCC1.I. The standard InChI is InChI=1S/C18H27N3O4.HI/c1-19-17(20-7-10-22-2)21-12-18(5-8-23-9-6-18)14-3-4-15-16(11-14)25-13-24-15;/h3-4,11H,5-10,12-13H2,1-2H3,(H2,19,20,21);1H. The van der Waals surface area contributed by atoms with Gasteiger partial charge in [-0.2, -0.15) is 0 Å². The predicted octanol–water partition coefficient (Wildman–Crippen LogP) is 1.89. The van der Waals surface area contributed by atoms with Gasteiger partial charge in [-0.25, -0.2) is 0 Å². The number of halogens is 1. The van der Waals surface area contributed by atoms with Gasteiger partial charge in [-0.05, 0) is 30.5 Å². The fourth-order valence-electron chi connectivity index (χ4n) is 3.30. The molecule has 3 rings (SSSR count). The highest BCUT2D eigenvalue weighted by Gasteiger charge is 2.35. The minimum absolute atomic E-state index is 0. The first-order valence-corrected chi connectivity index (χ1v) is 8.69. The summed E-state index contributed by atoms with van der Waals surface area (Å²) in [4.78, 5) is 4.29. The van der Waals surface area contributed by atoms with Crippen LogP contribution in [0.3, 0.4) is 0 Å². The first-order chi connectivity index (χ1) is 12.3. The summed E-state index contributed by atoms with van der Waals surface area (Å²) in [7, 11) is 3.47. The molecule has 0 aromatic heterocycles. The molecule has 2 heterocycles. The molecule has 26 heavy (non-hydrogen) atoms. The molecule has 1 fully saturated rings. The van der Waals surface area contributed by atoms with E-state index in [2.05, 4.69) is 27.8 Å². The number of fused-ring (bicyclic) bond motifs is 1. The van der Waals surface area contributed by atoms with Gasteiger partial charge in [0.05, 0.1) is 6.61 Å². The average molecular weight is 477 g/mol. The Morgan fingerprint density at radius 2 is 1.96 bits per heavy atom. The molecule has 0 aliphatic carbocycles. The van der Waals surface area contributed by atoms with Crippen molar-refractivity contribution in [3.63, 3.8) is 0 Å². The van der Waals surface area contributed by atoms with E-state index >= 15 is 0 Å². The van der Waals surface area contributed by atoms with Crippen molar-refractivity contribution in [3.05, 3.63) is 23.8 Å². The Balaban J connectivity index is 0.00000243. The van der Waals surface area contributed by atoms with Crippen LogP contribution in [-0.2, 0) is 14.9 Å². The first kappa shape index (κ1) is 21.0. The van der Waals surface area contributed by atoms with Crippen LogP contribution in [0.25, 0.3) is 0 Å². The number of rotatable bonds is 6. The Bertz CT molecular complexity index is 606. The van der Waals surface area contributed by atoms with Crippen LogP contribution in [0.5, 0.6) is 11.5 Å². The molecule has 0 bridgehead atoms. The Hall–Kier alpha value is -1.26. The molecule has 2 aliphatic heterocycles. The van der Waals surface area contributed by atoms with Crippen LogP contribution < -0.4 is 20.1 Å². The number of guanidine groups is 1. The van der Waals surface area contributed by atoms with E-state index < -0.39 is 0 Å². The fourth-order valence-corrected chi connectivity index (χ4v) is 3.30. The maximum atomic E-state index is 5.61. The molecule has 8 heteroatoms. The molecule has 2 N–H and O–H groups in total. The zero-order chi connectivity index (χ0) is 17.5. The van der Waals surface area contributed by atoms with Crippen molar-refractivity contribution < 1.29 is 18.9 Å². The third-order valence-electron chi connectivity index (χ3n) is 4.85. The maximum Gasteiger partial charge on any atom is 0.231 e. The molecule has 0 saturated carbocycles. The van der Waals surface area contributed by atoms with Gasteiger partial charge in [0.1, 0.15) is 0 Å². The lowest BCUT2D eigenvalue weighted by molar-refractivity contribution is 0.0513. The summed E-state index contributed by atoms with van der Waals surface area (Å²) < 4.78 is 21.7. The molecular formula is C18H28IN3O4. The molecule has 1 aromatic rings. The number of nitrogens with one attached hydrogen (secondary N) is 2. The van der Waals surface area contributed by atoms with Gasteiger partial charge >= 0.3 is 0 Å². The lowest BCUT2D eigenvalue weighted by atomic mass is 9.74. The van der Waals surface area contributed by atoms with E-state index in [-0.39, 0.29) is 29.4 Å². The lowest BCUT2D eigenvalue weighted by Crippen LogP contribution is -2.48. The largest absolute Gasteiger partial charge is 0.454 e. The van der Waals surface area contributed by atoms with Gasteiger partial charge in [0.15, 0.2) is 17.5 Å². The second-order valence-electron chi connectivity index (χ2n) is 6.31. The van der Waals surface area contributed by atoms with E-state index in [0.29, 0.717) is 13.4 Å². The van der Waals surface area contributed by atoms with Gasteiger partial charge in [0.2, 0.25) is 6.79 Å². The van der Waals surface area contributed by atoms with Crippen molar-refractivity contribution >= 4 is 29.9 Å². The van der Waals surface area contributed by atoms with Crippen molar-refractivity contribution in [2.75, 3.05) is 53.9 Å². The minimum atomic E-state index is -0.0158. The van der Waals surface area contributed by atoms with Crippen molar-refractivity contribution in [1.29, 1.82) is 0 Å². The Labute approximate surface area is 171 Å². The van der Waals surface area contributed by atoms with Crippen molar-refractivity contribution in [2.45, 2.75) is 18.3 Å². The Morgan fingerprint density at radius 3 is 2.69 bits per heavy atom. The van der Waals surface area contributed by atoms with Crippen molar-refractivity contribution in [1.82, 2.24) is 10.6 Å².